The Morgan fingerprint density at radius 1 is 1.04 bits per heavy atom. The second kappa shape index (κ2) is 6.86. The van der Waals surface area contributed by atoms with E-state index in [-0.39, 0.29) is 5.54 Å². The van der Waals surface area contributed by atoms with Crippen LogP contribution in [0.4, 0.5) is 5.82 Å². The molecule has 0 fully saturated rings. The summed E-state index contributed by atoms with van der Waals surface area (Å²) in [6, 6.07) is 7.95. The van der Waals surface area contributed by atoms with Gasteiger partial charge in [-0.3, -0.25) is 14.4 Å². The first-order chi connectivity index (χ1) is 13.0. The molecule has 134 valence electrons. The van der Waals surface area contributed by atoms with E-state index in [9.17, 15) is 0 Å². The minimum absolute atomic E-state index is 0.0891. The van der Waals surface area contributed by atoms with Crippen LogP contribution in [0.15, 0.2) is 55.2 Å². The Bertz CT molecular complexity index is 1140. The van der Waals surface area contributed by atoms with Gasteiger partial charge in [-0.15, -0.1) is 11.3 Å². The topological polar surface area (TPSA) is 55.1 Å². The van der Waals surface area contributed by atoms with Gasteiger partial charge in [-0.1, -0.05) is 11.8 Å². The Labute approximate surface area is 162 Å². The monoisotopic (exact) mass is 373 g/mol. The average molecular weight is 373 g/mol. The van der Waals surface area contributed by atoms with E-state index in [1.54, 1.807) is 36.1 Å². The SMILES string of the molecule is CC(C)(C)Nc1c(-c2ccc(C#Cc3cccnc3)s2)nc2cnccn12. The standard InChI is InChI=1S/C21H19N5S/c1-21(2,3)25-20-19(24-18-14-23-11-12-26(18)20)17-9-8-16(27-17)7-6-15-5-4-10-22-13-15/h4-5,8-14,25H,1-3H3. The molecule has 0 atom stereocenters. The number of hydrogen-bond donors (Lipinski definition) is 1. The van der Waals surface area contributed by atoms with Crippen LogP contribution < -0.4 is 5.32 Å². The Hall–Kier alpha value is -3.17. The molecule has 0 saturated heterocycles. The van der Waals surface area contributed by atoms with Gasteiger partial charge in [0.15, 0.2) is 5.65 Å². The first kappa shape index (κ1) is 17.3. The molecule has 0 aliphatic rings. The molecule has 1 N–H and O–H groups in total. The van der Waals surface area contributed by atoms with E-state index in [4.69, 9.17) is 4.98 Å². The molecule has 0 bridgehead atoms. The third kappa shape index (κ3) is 3.83. The van der Waals surface area contributed by atoms with Gasteiger partial charge in [0.2, 0.25) is 0 Å². The zero-order valence-electron chi connectivity index (χ0n) is 15.4. The summed E-state index contributed by atoms with van der Waals surface area (Å²) in [6.45, 7) is 6.41. The van der Waals surface area contributed by atoms with Crippen molar-refractivity contribution in [3.05, 3.63) is 65.7 Å². The van der Waals surface area contributed by atoms with Crippen molar-refractivity contribution in [3.63, 3.8) is 0 Å². The van der Waals surface area contributed by atoms with Crippen molar-refractivity contribution in [1.29, 1.82) is 0 Å². The predicted molar refractivity (Wildman–Crippen MR) is 110 cm³/mol. The zero-order chi connectivity index (χ0) is 18.9. The van der Waals surface area contributed by atoms with E-state index in [0.29, 0.717) is 0 Å². The van der Waals surface area contributed by atoms with Gasteiger partial charge >= 0.3 is 0 Å². The van der Waals surface area contributed by atoms with Crippen molar-refractivity contribution in [2.75, 3.05) is 5.32 Å². The highest BCUT2D eigenvalue weighted by atomic mass is 32.1. The summed E-state index contributed by atoms with van der Waals surface area (Å²) in [5.41, 5.74) is 2.54. The Kier molecular flexibility index (Phi) is 4.38. The number of anilines is 1. The Balaban J connectivity index is 1.74. The molecular formula is C21H19N5S. The van der Waals surface area contributed by atoms with Gasteiger partial charge in [0.05, 0.1) is 16.0 Å². The van der Waals surface area contributed by atoms with E-state index in [0.717, 1.165) is 32.5 Å². The summed E-state index contributed by atoms with van der Waals surface area (Å²) in [6.07, 6.45) is 8.98. The fraction of sp³-hybridized carbons (Fsp3) is 0.190. The minimum atomic E-state index is -0.0891. The van der Waals surface area contributed by atoms with Gasteiger partial charge in [-0.05, 0) is 45.0 Å². The molecule has 0 aromatic carbocycles. The average Bonchev–Trinajstić information content (AvgIpc) is 3.25. The van der Waals surface area contributed by atoms with Gasteiger partial charge in [0.1, 0.15) is 11.5 Å². The lowest BCUT2D eigenvalue weighted by molar-refractivity contribution is 0.629. The van der Waals surface area contributed by atoms with Crippen molar-refractivity contribution in [2.45, 2.75) is 26.3 Å². The summed E-state index contributed by atoms with van der Waals surface area (Å²) in [5.74, 6) is 7.33. The molecule has 0 spiro atoms. The van der Waals surface area contributed by atoms with E-state index in [2.05, 4.69) is 54.0 Å². The van der Waals surface area contributed by atoms with Crippen LogP contribution in [0.1, 0.15) is 31.2 Å². The number of nitrogens with zero attached hydrogens (tertiary/aromatic N) is 4. The highest BCUT2D eigenvalue weighted by molar-refractivity contribution is 7.16. The van der Waals surface area contributed by atoms with Crippen LogP contribution in [0.2, 0.25) is 0 Å². The van der Waals surface area contributed by atoms with Crippen molar-refractivity contribution in [1.82, 2.24) is 19.4 Å². The molecule has 4 heterocycles. The van der Waals surface area contributed by atoms with Crippen LogP contribution in [-0.2, 0) is 0 Å². The fourth-order valence-corrected chi connectivity index (χ4v) is 3.51. The van der Waals surface area contributed by atoms with E-state index in [1.165, 1.54) is 0 Å². The number of rotatable bonds is 2. The van der Waals surface area contributed by atoms with Gasteiger partial charge in [0, 0.05) is 35.9 Å². The summed E-state index contributed by atoms with van der Waals surface area (Å²) in [7, 11) is 0. The lowest BCUT2D eigenvalue weighted by Crippen LogP contribution is -2.27. The Morgan fingerprint density at radius 2 is 1.89 bits per heavy atom. The molecule has 0 aliphatic carbocycles. The van der Waals surface area contributed by atoms with Gasteiger partial charge < -0.3 is 5.32 Å². The number of thiophene rings is 1. The predicted octanol–water partition coefficient (Wildman–Crippen LogP) is 4.46. The van der Waals surface area contributed by atoms with Crippen molar-refractivity contribution >= 4 is 22.8 Å². The molecule has 4 aromatic heterocycles. The molecule has 5 nitrogen and oxygen atoms in total. The van der Waals surface area contributed by atoms with Gasteiger partial charge in [-0.2, -0.15) is 0 Å². The summed E-state index contributed by atoms with van der Waals surface area (Å²) >= 11 is 1.63. The quantitative estimate of drug-likeness (QED) is 0.527. The van der Waals surface area contributed by atoms with Crippen LogP contribution in [0.3, 0.4) is 0 Å². The van der Waals surface area contributed by atoms with E-state index >= 15 is 0 Å². The number of hydrogen-bond acceptors (Lipinski definition) is 5. The summed E-state index contributed by atoms with van der Waals surface area (Å²) in [4.78, 5) is 15.1. The van der Waals surface area contributed by atoms with Gasteiger partial charge in [0.25, 0.3) is 0 Å². The number of imidazole rings is 1. The molecule has 0 amide bonds. The lowest BCUT2D eigenvalue weighted by atomic mass is 10.1. The maximum absolute atomic E-state index is 4.79. The lowest BCUT2D eigenvalue weighted by Gasteiger charge is -2.22. The molecule has 0 radical (unpaired) electrons. The first-order valence-electron chi connectivity index (χ1n) is 8.62. The first-order valence-corrected chi connectivity index (χ1v) is 9.44. The zero-order valence-corrected chi connectivity index (χ0v) is 16.2. The van der Waals surface area contributed by atoms with Crippen LogP contribution in [0.5, 0.6) is 0 Å². The molecular weight excluding hydrogens is 354 g/mol. The number of nitrogens with one attached hydrogen (secondary N) is 1. The van der Waals surface area contributed by atoms with Crippen LogP contribution in [-0.4, -0.2) is 24.9 Å². The molecule has 27 heavy (non-hydrogen) atoms. The summed E-state index contributed by atoms with van der Waals surface area (Å²) in [5, 5.41) is 3.57. The summed E-state index contributed by atoms with van der Waals surface area (Å²) < 4.78 is 2.04. The smallest absolute Gasteiger partial charge is 0.157 e. The molecule has 6 heteroatoms. The normalized spacial score (nSPS) is 11.2. The molecule has 4 rings (SSSR count). The third-order valence-corrected chi connectivity index (χ3v) is 4.76. The largest absolute Gasteiger partial charge is 0.365 e. The van der Waals surface area contributed by atoms with Crippen molar-refractivity contribution < 1.29 is 0 Å². The Morgan fingerprint density at radius 3 is 2.67 bits per heavy atom. The molecule has 0 unspecified atom stereocenters. The highest BCUT2D eigenvalue weighted by Crippen LogP contribution is 2.34. The molecule has 0 saturated carbocycles. The maximum Gasteiger partial charge on any atom is 0.157 e. The molecule has 0 aliphatic heterocycles. The van der Waals surface area contributed by atoms with E-state index < -0.39 is 0 Å². The van der Waals surface area contributed by atoms with Crippen LogP contribution >= 0.6 is 11.3 Å². The fourth-order valence-electron chi connectivity index (χ4n) is 2.66. The van der Waals surface area contributed by atoms with Crippen LogP contribution in [0, 0.1) is 11.8 Å². The maximum atomic E-state index is 4.79. The second-order valence-electron chi connectivity index (χ2n) is 7.14. The van der Waals surface area contributed by atoms with E-state index in [1.807, 2.05) is 28.8 Å². The number of pyridine rings is 1. The van der Waals surface area contributed by atoms with Crippen molar-refractivity contribution in [3.8, 4) is 22.4 Å². The molecule has 4 aromatic rings. The van der Waals surface area contributed by atoms with Gasteiger partial charge in [-0.25, -0.2) is 4.98 Å². The second-order valence-corrected chi connectivity index (χ2v) is 8.23. The third-order valence-electron chi connectivity index (χ3n) is 3.75. The number of fused-ring (bicyclic) bond motifs is 1. The minimum Gasteiger partial charge on any atom is -0.365 e. The number of aromatic nitrogens is 4. The van der Waals surface area contributed by atoms with Crippen molar-refractivity contribution in [2.24, 2.45) is 0 Å². The van der Waals surface area contributed by atoms with Crippen LogP contribution in [0.25, 0.3) is 16.2 Å². The highest BCUT2D eigenvalue weighted by Gasteiger charge is 2.20.